The lowest BCUT2D eigenvalue weighted by Gasteiger charge is -2.19. The number of sulfonamides is 1. The molecule has 192 valence electrons. The number of hydrogen-bond acceptors (Lipinski definition) is 8. The highest BCUT2D eigenvalue weighted by atomic mass is 32.2. The van der Waals surface area contributed by atoms with Crippen LogP contribution in [-0.2, 0) is 22.0 Å². The smallest absolute Gasteiger partial charge is 0.317 e. The largest absolute Gasteiger partial charge is 0.460 e. The monoisotopic (exact) mass is 515 g/mol. The van der Waals surface area contributed by atoms with Crippen molar-refractivity contribution in [1.82, 2.24) is 24.7 Å². The average Bonchev–Trinajstić information content (AvgIpc) is 3.22. The first-order valence-electron chi connectivity index (χ1n) is 12.2. The Hall–Kier alpha value is -3.12. The molecule has 0 spiro atoms. The Morgan fingerprint density at radius 2 is 1.97 bits per heavy atom. The minimum atomic E-state index is -3.98. The first-order chi connectivity index (χ1) is 17.2. The fourth-order valence-electron chi connectivity index (χ4n) is 4.72. The number of primary sulfonamides is 1. The van der Waals surface area contributed by atoms with Crippen LogP contribution in [-0.4, -0.2) is 39.3 Å². The highest BCUT2D eigenvalue weighted by molar-refractivity contribution is 7.89. The zero-order valence-corrected chi connectivity index (χ0v) is 21.1. The van der Waals surface area contributed by atoms with Gasteiger partial charge >= 0.3 is 6.01 Å². The molecule has 0 amide bonds. The minimum absolute atomic E-state index is 0.0408. The lowest BCUT2D eigenvalue weighted by Crippen LogP contribution is -2.21. The van der Waals surface area contributed by atoms with Gasteiger partial charge in [-0.15, -0.1) is 5.10 Å². The van der Waals surface area contributed by atoms with Crippen molar-refractivity contribution in [3.63, 3.8) is 0 Å². The van der Waals surface area contributed by atoms with Gasteiger partial charge in [0.15, 0.2) is 0 Å². The molecule has 2 aliphatic carbocycles. The van der Waals surface area contributed by atoms with Crippen LogP contribution < -0.4 is 15.2 Å². The number of nitrogens with two attached hydrogens (primary N) is 1. The molecule has 2 aliphatic rings. The summed E-state index contributed by atoms with van der Waals surface area (Å²) in [7, 11) is -3.98. The first kappa shape index (κ1) is 24.6. The number of hydrogen-bond donors (Lipinski definition) is 2. The predicted molar refractivity (Wildman–Crippen MR) is 131 cm³/mol. The predicted octanol–water partition coefficient (Wildman–Crippen LogP) is 3.77. The molecule has 0 saturated heterocycles. The molecular formula is C24H30FN7O3S. The maximum Gasteiger partial charge on any atom is 0.317 e. The molecule has 2 fully saturated rings. The van der Waals surface area contributed by atoms with Crippen LogP contribution in [0.5, 0.6) is 6.01 Å². The molecule has 2 atom stereocenters. The maximum absolute atomic E-state index is 14.3. The number of nitrogens with one attached hydrogen (secondary N) is 1. The molecule has 2 aromatic heterocycles. The molecule has 0 aliphatic heterocycles. The van der Waals surface area contributed by atoms with Gasteiger partial charge in [-0.2, -0.15) is 0 Å². The van der Waals surface area contributed by atoms with Crippen LogP contribution in [0.3, 0.4) is 0 Å². The van der Waals surface area contributed by atoms with E-state index in [2.05, 4.69) is 43.9 Å². The van der Waals surface area contributed by atoms with Crippen LogP contribution in [0.25, 0.3) is 0 Å². The van der Waals surface area contributed by atoms with Gasteiger partial charge in [-0.3, -0.25) is 4.57 Å². The molecule has 12 heteroatoms. The van der Waals surface area contributed by atoms with Gasteiger partial charge in [0.05, 0.1) is 10.6 Å². The maximum atomic E-state index is 14.3. The van der Waals surface area contributed by atoms with Crippen LogP contribution in [0.15, 0.2) is 35.5 Å². The van der Waals surface area contributed by atoms with Gasteiger partial charge in [-0.05, 0) is 75.1 Å². The van der Waals surface area contributed by atoms with Crippen LogP contribution in [0.1, 0.15) is 69.7 Å². The molecule has 0 bridgehead atoms. The lowest BCUT2D eigenvalue weighted by molar-refractivity contribution is 0.175. The number of anilines is 2. The Bertz CT molecular complexity index is 1360. The number of nitrogens with zero attached hydrogens (tertiary/aromatic N) is 5. The SMILES string of the molecule is CCCc1nnc(O[C@H]2CC[C@@H](c3cnc(Nc4ccc(S(N)(=O)=O)cc4F)nc3)C2)n1C1(C)CC1. The molecule has 2 heterocycles. The van der Waals surface area contributed by atoms with E-state index in [0.717, 1.165) is 62.4 Å². The van der Waals surface area contributed by atoms with E-state index in [4.69, 9.17) is 9.88 Å². The Labute approximate surface area is 209 Å². The molecule has 1 aromatic carbocycles. The van der Waals surface area contributed by atoms with Crippen molar-refractivity contribution >= 4 is 21.7 Å². The summed E-state index contributed by atoms with van der Waals surface area (Å²) in [5.41, 5.74) is 1.11. The van der Waals surface area contributed by atoms with Gasteiger partial charge < -0.3 is 10.1 Å². The Kier molecular flexibility index (Phi) is 6.41. The highest BCUT2D eigenvalue weighted by Crippen LogP contribution is 2.46. The molecule has 2 saturated carbocycles. The van der Waals surface area contributed by atoms with Crippen molar-refractivity contribution in [1.29, 1.82) is 0 Å². The van der Waals surface area contributed by atoms with E-state index in [1.54, 1.807) is 12.4 Å². The normalized spacial score (nSPS) is 20.9. The van der Waals surface area contributed by atoms with Crippen molar-refractivity contribution in [2.45, 2.75) is 81.2 Å². The van der Waals surface area contributed by atoms with Gasteiger partial charge in [0.25, 0.3) is 0 Å². The summed E-state index contributed by atoms with van der Waals surface area (Å²) in [5.74, 6) is 0.688. The summed E-state index contributed by atoms with van der Waals surface area (Å²) in [4.78, 5) is 8.34. The Morgan fingerprint density at radius 3 is 2.61 bits per heavy atom. The van der Waals surface area contributed by atoms with Crippen LogP contribution in [0.2, 0.25) is 0 Å². The van der Waals surface area contributed by atoms with E-state index in [0.29, 0.717) is 6.01 Å². The number of benzene rings is 1. The summed E-state index contributed by atoms with van der Waals surface area (Å²) in [5, 5.41) is 16.6. The van der Waals surface area contributed by atoms with E-state index >= 15 is 0 Å². The zero-order chi connectivity index (χ0) is 25.5. The second kappa shape index (κ2) is 9.40. The summed E-state index contributed by atoms with van der Waals surface area (Å²) in [6.45, 7) is 4.37. The van der Waals surface area contributed by atoms with Crippen LogP contribution >= 0.6 is 0 Å². The topological polar surface area (TPSA) is 138 Å². The number of halogens is 1. The molecule has 0 radical (unpaired) electrons. The molecule has 0 unspecified atom stereocenters. The second-order valence-electron chi connectivity index (χ2n) is 9.88. The third-order valence-corrected chi connectivity index (χ3v) is 7.91. The fraction of sp³-hybridized carbons (Fsp3) is 0.500. The summed E-state index contributed by atoms with van der Waals surface area (Å²) < 4.78 is 45.6. The van der Waals surface area contributed by atoms with E-state index in [9.17, 15) is 12.8 Å². The number of aromatic nitrogens is 5. The summed E-state index contributed by atoms with van der Waals surface area (Å²) >= 11 is 0. The second-order valence-corrected chi connectivity index (χ2v) is 11.4. The number of ether oxygens (including phenoxy) is 1. The van der Waals surface area contributed by atoms with Gasteiger partial charge in [-0.1, -0.05) is 12.0 Å². The van der Waals surface area contributed by atoms with Gasteiger partial charge in [0.1, 0.15) is 17.7 Å². The number of aryl methyl sites for hydroxylation is 1. The lowest BCUT2D eigenvalue weighted by atomic mass is 10.0. The Balaban J connectivity index is 1.22. The van der Waals surface area contributed by atoms with Crippen molar-refractivity contribution in [2.24, 2.45) is 5.14 Å². The van der Waals surface area contributed by atoms with Crippen molar-refractivity contribution in [2.75, 3.05) is 5.32 Å². The fourth-order valence-corrected chi connectivity index (χ4v) is 5.24. The molecule has 10 nitrogen and oxygen atoms in total. The Morgan fingerprint density at radius 1 is 1.22 bits per heavy atom. The van der Waals surface area contributed by atoms with Gasteiger partial charge in [-0.25, -0.2) is 27.9 Å². The third-order valence-electron chi connectivity index (χ3n) is 7.00. The van der Waals surface area contributed by atoms with Crippen molar-refractivity contribution in [3.05, 3.63) is 47.8 Å². The van der Waals surface area contributed by atoms with Gasteiger partial charge in [0, 0.05) is 24.4 Å². The molecule has 3 aromatic rings. The highest BCUT2D eigenvalue weighted by Gasteiger charge is 2.44. The van der Waals surface area contributed by atoms with E-state index in [-0.39, 0.29) is 34.1 Å². The standard InChI is InChI=1S/C24H30FN7O3S/c1-3-4-21-30-31-23(32(21)24(2)9-10-24)35-17-6-5-15(11-17)16-13-27-22(28-14-16)29-20-8-7-18(12-19(20)25)36(26,33)34/h7-8,12-15,17H,3-6,9-11H2,1-2H3,(H2,26,33,34)(H,27,28,29)/t15-,17+/m1/s1. The number of rotatable bonds is 9. The average molecular weight is 516 g/mol. The van der Waals surface area contributed by atoms with Crippen LogP contribution in [0.4, 0.5) is 16.0 Å². The quantitative estimate of drug-likeness (QED) is 0.439. The van der Waals surface area contributed by atoms with E-state index < -0.39 is 15.8 Å². The molecule has 5 rings (SSSR count). The van der Waals surface area contributed by atoms with Crippen molar-refractivity contribution < 1.29 is 17.5 Å². The minimum Gasteiger partial charge on any atom is -0.460 e. The van der Waals surface area contributed by atoms with E-state index in [1.165, 1.54) is 12.1 Å². The summed E-state index contributed by atoms with van der Waals surface area (Å²) in [6.07, 6.45) is 10.3. The molecule has 3 N–H and O–H groups in total. The zero-order valence-electron chi connectivity index (χ0n) is 20.3. The third kappa shape index (κ3) is 5.05. The summed E-state index contributed by atoms with van der Waals surface area (Å²) in [6, 6.07) is 4.00. The molecular weight excluding hydrogens is 485 g/mol. The van der Waals surface area contributed by atoms with Gasteiger partial charge in [0.2, 0.25) is 16.0 Å². The molecule has 36 heavy (non-hydrogen) atoms. The van der Waals surface area contributed by atoms with Crippen LogP contribution in [0, 0.1) is 5.82 Å². The van der Waals surface area contributed by atoms with Crippen molar-refractivity contribution in [3.8, 4) is 6.01 Å². The first-order valence-corrected chi connectivity index (χ1v) is 13.7. The van der Waals surface area contributed by atoms with E-state index in [1.807, 2.05) is 0 Å².